The van der Waals surface area contributed by atoms with Crippen LogP contribution in [0.5, 0.6) is 0 Å². The van der Waals surface area contributed by atoms with Gasteiger partial charge in [-0.2, -0.15) is 11.8 Å². The molecule has 60 heavy (non-hydrogen) atoms. The summed E-state index contributed by atoms with van der Waals surface area (Å²) in [5.74, 6) is -1.43. The normalized spacial score (nSPS) is 18.1. The molecule has 0 aromatic rings. The Kier molecular flexibility index (Phi) is 26.4. The van der Waals surface area contributed by atoms with Crippen LogP contribution >= 0.6 is 27.4 Å². The molecule has 0 spiro atoms. The third-order valence-electron chi connectivity index (χ3n) is 9.40. The molecule has 0 aromatic heterocycles. The minimum absolute atomic E-state index is 0.0149. The molecule has 0 aromatic carbocycles. The topological polar surface area (TPSA) is 300 Å². The lowest BCUT2D eigenvalue weighted by molar-refractivity contribution is -0.341. The van der Waals surface area contributed by atoms with Crippen molar-refractivity contribution in [1.29, 1.82) is 0 Å². The molecule has 2 aliphatic heterocycles. The van der Waals surface area contributed by atoms with Crippen LogP contribution < -0.4 is 41.3 Å². The number of fused-ring (bicyclic) bond motifs is 1. The number of nitrogens with zero attached hydrogens (tertiary/aromatic N) is 2. The first kappa shape index (κ1) is 53.5. The Morgan fingerprint density at radius 1 is 0.683 bits per heavy atom. The zero-order valence-corrected chi connectivity index (χ0v) is 36.6. The van der Waals surface area contributed by atoms with Crippen molar-refractivity contribution in [1.82, 2.24) is 36.4 Å². The van der Waals surface area contributed by atoms with Crippen molar-refractivity contribution in [2.24, 2.45) is 0 Å². The molecule has 0 bridgehead atoms. The van der Waals surface area contributed by atoms with E-state index in [0.717, 1.165) is 47.7 Å². The van der Waals surface area contributed by atoms with Gasteiger partial charge in [0.05, 0.1) is 68.5 Å². The number of carbonyl (C=O) groups is 6. The number of nitrogens with one attached hydrogen (secondary N) is 5. The van der Waals surface area contributed by atoms with Gasteiger partial charge in [0.15, 0.2) is 0 Å². The molecule has 4 atom stereocenters. The van der Waals surface area contributed by atoms with Crippen molar-refractivity contribution < 1.29 is 66.1 Å². The predicted octanol–water partition coefficient (Wildman–Crippen LogP) is -1.64. The van der Waals surface area contributed by atoms with E-state index in [1.165, 1.54) is 0 Å². The Balaban J connectivity index is 1.54. The van der Waals surface area contributed by atoms with Gasteiger partial charge in [0.1, 0.15) is 0 Å². The van der Waals surface area contributed by atoms with Gasteiger partial charge in [0.2, 0.25) is 29.5 Å². The molecular weight excluding hydrogens is 846 g/mol. The van der Waals surface area contributed by atoms with E-state index in [0.29, 0.717) is 56.7 Å². The second-order valence-electron chi connectivity index (χ2n) is 14.2. The van der Waals surface area contributed by atoms with E-state index < -0.39 is 58.7 Å². The average molecular weight is 905 g/mol. The number of hydrogen-bond donors (Lipinski definition) is 5. The summed E-state index contributed by atoms with van der Waals surface area (Å²) in [6.45, 7) is -1.33. The summed E-state index contributed by atoms with van der Waals surface area (Å²) in [5, 5.41) is 14.3. The highest BCUT2D eigenvalue weighted by Gasteiger charge is 2.42. The van der Waals surface area contributed by atoms with Gasteiger partial charge in [-0.1, -0.05) is 32.1 Å². The molecule has 2 rings (SSSR count). The quantitative estimate of drug-likeness (QED) is 0.0209. The molecule has 21 nitrogen and oxygen atoms in total. The molecule has 0 saturated carbocycles. The van der Waals surface area contributed by atoms with Crippen LogP contribution in [-0.2, 0) is 46.7 Å². The first-order valence-corrected chi connectivity index (χ1v) is 24.2. The molecule has 2 heterocycles. The molecule has 4 radical (unpaired) electrons. The van der Waals surface area contributed by atoms with Gasteiger partial charge in [-0.05, 0) is 51.2 Å². The Labute approximate surface area is 358 Å². The molecule has 7 amide bonds. The molecule has 2 fully saturated rings. The van der Waals surface area contributed by atoms with Crippen molar-refractivity contribution in [2.75, 3.05) is 71.4 Å². The molecule has 2 saturated heterocycles. The number of thioether (sulfide) groups is 1. The summed E-state index contributed by atoms with van der Waals surface area (Å²) < 4.78 is 36.6. The van der Waals surface area contributed by atoms with Crippen molar-refractivity contribution >= 4 is 78.7 Å². The van der Waals surface area contributed by atoms with E-state index in [1.807, 2.05) is 11.8 Å². The fourth-order valence-corrected chi connectivity index (χ4v) is 8.89. The Hall–Kier alpha value is -2.68. The number of hydrogen-bond acceptors (Lipinski definition) is 15. The second-order valence-corrected chi connectivity index (χ2v) is 18.0. The summed E-state index contributed by atoms with van der Waals surface area (Å²) in [6.07, 6.45) is 6.87. The monoisotopic (exact) mass is 904 g/mol. The third kappa shape index (κ3) is 24.1. The number of carbonyl (C=O) groups excluding carboxylic acids is 6. The van der Waals surface area contributed by atoms with E-state index in [-0.39, 0.29) is 76.3 Å². The lowest BCUT2D eigenvalue weighted by Gasteiger charge is -2.28. The maximum absolute atomic E-state index is 12.6. The van der Waals surface area contributed by atoms with Gasteiger partial charge < -0.3 is 69.2 Å². The van der Waals surface area contributed by atoms with E-state index in [9.17, 15) is 52.6 Å². The Morgan fingerprint density at radius 2 is 1.22 bits per heavy atom. The van der Waals surface area contributed by atoms with Crippen LogP contribution in [0.15, 0.2) is 0 Å². The minimum atomic E-state index is -4.99. The molecular formula is C34H58B2N7O14P2S-3. The number of unbranched alkanes of at least 4 members (excludes halogenated alkanes) is 7. The maximum atomic E-state index is 12.6. The van der Waals surface area contributed by atoms with Gasteiger partial charge >= 0.3 is 6.03 Å². The van der Waals surface area contributed by atoms with Crippen molar-refractivity contribution in [3.05, 3.63) is 0 Å². The van der Waals surface area contributed by atoms with Gasteiger partial charge in [-0.25, -0.2) is 4.79 Å². The zero-order chi connectivity index (χ0) is 44.4. The first-order chi connectivity index (χ1) is 28.5. The van der Waals surface area contributed by atoms with Crippen molar-refractivity contribution in [2.45, 2.75) is 107 Å². The molecule has 4 unspecified atom stereocenters. The standard InChI is InChI=1S/C34H61B2N7O14P2S/c35-21-31(47)42(23-29(45)38-14-8-1-3-9-18-55-58(50,51)52)16-15-39-30(46)24-43(32(48)22-36)17-20-57-59(53,54)56-19-10-4-2-7-13-37-28(44)12-6-5-11-27-33-26(25-60-27)40-34(49)41-33/h26-27,33H,1-25H2,(H,37,44)(H,38,45)(H,39,46)(H,53,54)(H2,40,41,49)(H2,50,51,52)/p-3. The molecule has 338 valence electrons. The third-order valence-corrected chi connectivity index (χ3v) is 12.4. The SMILES string of the molecule is [B]CC(=O)N(CCNC(=O)CN(CCOP(=O)([O-])OCCCCCCNC(=O)CCCCC1SCC2NC(=O)NC21)C(=O)C[B])CC(=O)NCCCCCCOP(=O)([O-])[O-]. The summed E-state index contributed by atoms with van der Waals surface area (Å²) in [6, 6.07) is 0.242. The molecule has 0 aliphatic carbocycles. The van der Waals surface area contributed by atoms with Crippen LogP contribution in [0.3, 0.4) is 0 Å². The number of phosphoric ester groups is 2. The lowest BCUT2D eigenvalue weighted by Crippen LogP contribution is -2.46. The molecule has 5 N–H and O–H groups in total. The highest BCUT2D eigenvalue weighted by Crippen LogP contribution is 2.38. The summed E-state index contributed by atoms with van der Waals surface area (Å²) in [7, 11) is 1.22. The van der Waals surface area contributed by atoms with Crippen LogP contribution in [0.2, 0.25) is 12.6 Å². The van der Waals surface area contributed by atoms with Crippen LogP contribution in [-0.4, -0.2) is 150 Å². The Morgan fingerprint density at radius 3 is 1.82 bits per heavy atom. The van der Waals surface area contributed by atoms with E-state index in [4.69, 9.17) is 24.7 Å². The Bertz CT molecular complexity index is 1470. The minimum Gasteiger partial charge on any atom is -0.790 e. The van der Waals surface area contributed by atoms with Gasteiger partial charge in [-0.15, -0.1) is 0 Å². The van der Waals surface area contributed by atoms with Gasteiger partial charge in [0.25, 0.3) is 7.82 Å². The first-order valence-electron chi connectivity index (χ1n) is 20.2. The van der Waals surface area contributed by atoms with E-state index in [2.05, 4.69) is 31.1 Å². The molecule has 26 heteroatoms. The van der Waals surface area contributed by atoms with Crippen LogP contribution in [0, 0.1) is 0 Å². The van der Waals surface area contributed by atoms with Crippen LogP contribution in [0.4, 0.5) is 4.79 Å². The van der Waals surface area contributed by atoms with Crippen molar-refractivity contribution in [3.63, 3.8) is 0 Å². The smallest absolute Gasteiger partial charge is 0.315 e. The van der Waals surface area contributed by atoms with Gasteiger partial charge in [-0.3, -0.25) is 28.5 Å². The number of amides is 7. The van der Waals surface area contributed by atoms with Crippen LogP contribution in [0.1, 0.15) is 77.0 Å². The van der Waals surface area contributed by atoms with Crippen molar-refractivity contribution in [3.8, 4) is 0 Å². The predicted molar refractivity (Wildman–Crippen MR) is 217 cm³/mol. The molecule has 2 aliphatic rings. The maximum Gasteiger partial charge on any atom is 0.315 e. The lowest BCUT2D eigenvalue weighted by atomic mass is 10.0. The fourth-order valence-electron chi connectivity index (χ4n) is 6.26. The number of rotatable bonds is 34. The number of urea groups is 1. The van der Waals surface area contributed by atoms with E-state index in [1.54, 1.807) is 0 Å². The summed E-state index contributed by atoms with van der Waals surface area (Å²) >= 11 is 1.85. The highest BCUT2D eigenvalue weighted by atomic mass is 32.2. The summed E-state index contributed by atoms with van der Waals surface area (Å²) in [4.78, 5) is 109. The van der Waals surface area contributed by atoms with Gasteiger partial charge in [0, 0.05) is 50.1 Å². The summed E-state index contributed by atoms with van der Waals surface area (Å²) in [5.41, 5.74) is 0. The van der Waals surface area contributed by atoms with E-state index >= 15 is 0 Å². The highest BCUT2D eigenvalue weighted by molar-refractivity contribution is 8.00. The number of phosphoric acid groups is 2. The second kappa shape index (κ2) is 29.6. The average Bonchev–Trinajstić information content (AvgIpc) is 3.75. The van der Waals surface area contributed by atoms with Crippen LogP contribution in [0.25, 0.3) is 0 Å². The fraction of sp³-hybridized carbons (Fsp3) is 0.824. The zero-order valence-electron chi connectivity index (χ0n) is 34.0. The largest absolute Gasteiger partial charge is 0.790 e.